The Labute approximate surface area is 306 Å². The van der Waals surface area contributed by atoms with Crippen LogP contribution in [0.2, 0.25) is 0 Å². The molecule has 0 fully saturated rings. The lowest BCUT2D eigenvalue weighted by Crippen LogP contribution is -2.11. The zero-order valence-electron chi connectivity index (χ0n) is 29.1. The second-order valence-corrected chi connectivity index (χ2v) is 12.5. The lowest BCUT2D eigenvalue weighted by atomic mass is 10.0. The number of thioether (sulfide) groups is 2. The summed E-state index contributed by atoms with van der Waals surface area (Å²) in [6.07, 6.45) is 2.39. The third-order valence-corrected chi connectivity index (χ3v) is 9.12. The molecule has 0 aliphatic heterocycles. The number of benzene rings is 4. The van der Waals surface area contributed by atoms with Crippen molar-refractivity contribution in [1.82, 2.24) is 0 Å². The van der Waals surface area contributed by atoms with Crippen molar-refractivity contribution >= 4 is 59.5 Å². The fraction of sp³-hybridized carbons (Fsp3) is 0.243. The number of esters is 1. The van der Waals surface area contributed by atoms with Gasteiger partial charge in [-0.1, -0.05) is 36.4 Å². The minimum Gasteiger partial charge on any atom is -0.478 e. The summed E-state index contributed by atoms with van der Waals surface area (Å²) >= 11 is 3.11. The van der Waals surface area contributed by atoms with Crippen LogP contribution in [0.5, 0.6) is 11.5 Å². The van der Waals surface area contributed by atoms with Crippen LogP contribution >= 0.6 is 23.5 Å². The first-order valence-electron chi connectivity index (χ1n) is 15.4. The number of aliphatic imine (C=N–C) groups is 2. The predicted octanol–water partition coefficient (Wildman–Crippen LogP) is 7.26. The van der Waals surface area contributed by atoms with E-state index in [4.69, 9.17) is 35.2 Å². The van der Waals surface area contributed by atoms with Crippen molar-refractivity contribution in [2.24, 2.45) is 21.5 Å². The van der Waals surface area contributed by atoms with Crippen LogP contribution in [-0.4, -0.2) is 64.6 Å². The van der Waals surface area contributed by atoms with Gasteiger partial charge in [-0.15, -0.1) is 23.5 Å². The minimum atomic E-state index is -1.08. The summed E-state index contributed by atoms with van der Waals surface area (Å²) in [6, 6.07) is 23.0. The Morgan fingerprint density at radius 1 is 0.706 bits per heavy atom. The molecule has 0 spiro atoms. The van der Waals surface area contributed by atoms with Gasteiger partial charge in [0.2, 0.25) is 0 Å². The summed E-state index contributed by atoms with van der Waals surface area (Å²) < 4.78 is 25.9. The Balaban J connectivity index is 0.000000276. The summed E-state index contributed by atoms with van der Waals surface area (Å²) in [4.78, 5) is 34.9. The van der Waals surface area contributed by atoms with E-state index in [1.165, 1.54) is 45.8 Å². The van der Waals surface area contributed by atoms with Crippen molar-refractivity contribution in [1.29, 1.82) is 0 Å². The van der Waals surface area contributed by atoms with Gasteiger partial charge >= 0.3 is 11.9 Å². The summed E-state index contributed by atoms with van der Waals surface area (Å²) in [5, 5.41) is 9.71. The molecule has 14 heteroatoms. The van der Waals surface area contributed by atoms with E-state index in [1.54, 1.807) is 23.9 Å². The van der Waals surface area contributed by atoms with Gasteiger partial charge in [0, 0.05) is 46.6 Å². The van der Waals surface area contributed by atoms with E-state index in [1.807, 2.05) is 74.5 Å². The van der Waals surface area contributed by atoms with Gasteiger partial charge in [0.05, 0.1) is 31.2 Å². The summed E-state index contributed by atoms with van der Waals surface area (Å²) in [5.74, 6) is 0.00829. The van der Waals surface area contributed by atoms with Crippen LogP contribution in [0.4, 0.5) is 11.4 Å². The monoisotopic (exact) mass is 734 g/mol. The lowest BCUT2D eigenvalue weighted by molar-refractivity contribution is 0.0462. The van der Waals surface area contributed by atoms with Gasteiger partial charge in [0.1, 0.15) is 22.6 Å². The number of carboxylic acid groups (broad SMARTS) is 1. The average Bonchev–Trinajstić information content (AvgIpc) is 3.14. The maximum Gasteiger partial charge on any atom is 0.342 e. The van der Waals surface area contributed by atoms with Crippen molar-refractivity contribution in [3.05, 3.63) is 106 Å². The molecule has 5 N–H and O–H groups in total. The molecule has 4 rings (SSSR count). The van der Waals surface area contributed by atoms with Crippen molar-refractivity contribution in [2.75, 3.05) is 34.9 Å². The molecule has 0 radical (unpaired) electrons. The van der Waals surface area contributed by atoms with Crippen LogP contribution in [0.15, 0.2) is 92.6 Å². The van der Waals surface area contributed by atoms with E-state index in [9.17, 15) is 14.7 Å². The summed E-state index contributed by atoms with van der Waals surface area (Å²) in [6.45, 7) is 3.71. The maximum absolute atomic E-state index is 12.5. The molecule has 4 aromatic carbocycles. The topological polar surface area (TPSA) is 177 Å². The molecule has 0 saturated carbocycles. The molecule has 0 heterocycles. The van der Waals surface area contributed by atoms with Crippen LogP contribution in [0, 0.1) is 13.8 Å². The molecule has 51 heavy (non-hydrogen) atoms. The van der Waals surface area contributed by atoms with Gasteiger partial charge in [-0.05, 0) is 61.4 Å². The van der Waals surface area contributed by atoms with E-state index in [0.717, 1.165) is 20.9 Å². The molecule has 270 valence electrons. The Bertz CT molecular complexity index is 1810. The van der Waals surface area contributed by atoms with Crippen LogP contribution in [-0.2, 0) is 25.7 Å². The van der Waals surface area contributed by atoms with E-state index in [2.05, 4.69) is 9.98 Å². The molecule has 0 aromatic heterocycles. The zero-order valence-corrected chi connectivity index (χ0v) is 30.7. The fourth-order valence-corrected chi connectivity index (χ4v) is 6.73. The molecule has 0 aliphatic carbocycles. The number of methoxy groups -OCH3 is 3. The quantitative estimate of drug-likeness (QED) is 0.0346. The molecule has 0 unspecified atom stereocenters. The van der Waals surface area contributed by atoms with Gasteiger partial charge in [-0.25, -0.2) is 19.6 Å². The third kappa shape index (κ3) is 11.5. The number of carbonyl (C=O) groups excluding carboxylic acids is 1. The largest absolute Gasteiger partial charge is 0.478 e. The number of aromatic carboxylic acids is 1. The van der Waals surface area contributed by atoms with Crippen molar-refractivity contribution in [2.45, 2.75) is 35.1 Å². The summed E-state index contributed by atoms with van der Waals surface area (Å²) in [7, 11) is 4.33. The first-order valence-corrected chi connectivity index (χ1v) is 17.4. The second-order valence-electron chi connectivity index (χ2n) is 10.4. The molecule has 0 aliphatic rings. The van der Waals surface area contributed by atoms with E-state index < -0.39 is 11.9 Å². The average molecular weight is 735 g/mol. The Morgan fingerprint density at radius 3 is 1.49 bits per heavy atom. The fourth-order valence-electron chi connectivity index (χ4n) is 4.85. The van der Waals surface area contributed by atoms with Crippen molar-refractivity contribution in [3.63, 3.8) is 0 Å². The van der Waals surface area contributed by atoms with E-state index in [-0.39, 0.29) is 24.9 Å². The van der Waals surface area contributed by atoms with Crippen molar-refractivity contribution in [3.8, 4) is 11.5 Å². The van der Waals surface area contributed by atoms with Gasteiger partial charge in [0.25, 0.3) is 0 Å². The molecule has 4 aromatic rings. The Morgan fingerprint density at radius 2 is 1.12 bits per heavy atom. The highest BCUT2D eigenvalue weighted by atomic mass is 32.2. The number of nitrogens with two attached hydrogens (primary N) is 2. The molecule has 0 amide bonds. The highest BCUT2D eigenvalue weighted by molar-refractivity contribution is 7.98. The van der Waals surface area contributed by atoms with Gasteiger partial charge in [-0.3, -0.25) is 0 Å². The standard InChI is InChI=1S/C19H22N2O4S.C18H20N2O4S/c1-13-9-16(25-12-23-2)17(19(22)24-3)15(18(13)21-11-20)10-26-14-7-5-4-6-8-14;1-12-8-15(24-11-23-2)16(18(21)22)14(17(12)20-10-19)9-25-13-6-4-3-5-7-13/h4-9,11H,10,12H2,1-3H3,(H2,20,21);3-8,10H,9,11H2,1-2H3,(H2,19,20)(H,21,22). The van der Waals surface area contributed by atoms with E-state index in [0.29, 0.717) is 45.3 Å². The number of carboxylic acids is 1. The smallest absolute Gasteiger partial charge is 0.342 e. The maximum atomic E-state index is 12.5. The SMILES string of the molecule is COCOc1cc(C)c(N=CN)c(CSc2ccccc2)c1C(=O)O.COCOc1cc(C)c(N=CN)c(CSc2ccccc2)c1C(=O)OC. The molecule has 12 nitrogen and oxygen atoms in total. The predicted molar refractivity (Wildman–Crippen MR) is 202 cm³/mol. The van der Waals surface area contributed by atoms with E-state index >= 15 is 0 Å². The number of ether oxygens (including phenoxy) is 5. The lowest BCUT2D eigenvalue weighted by Gasteiger charge is -2.18. The van der Waals surface area contributed by atoms with Crippen LogP contribution in [0.1, 0.15) is 43.0 Å². The Kier molecular flexibility index (Phi) is 16.8. The zero-order chi connectivity index (χ0) is 37.2. The normalized spacial score (nSPS) is 10.9. The highest BCUT2D eigenvalue weighted by Crippen LogP contribution is 2.40. The van der Waals surface area contributed by atoms with Crippen LogP contribution in [0.3, 0.4) is 0 Å². The number of nitrogens with zero attached hydrogens (tertiary/aromatic N) is 2. The first kappa shape index (κ1) is 40.4. The van der Waals surface area contributed by atoms with Crippen molar-refractivity contribution < 1.29 is 38.4 Å². The van der Waals surface area contributed by atoms with Gasteiger partial charge < -0.3 is 40.3 Å². The summed E-state index contributed by atoms with van der Waals surface area (Å²) in [5.41, 5.74) is 15.5. The van der Waals surface area contributed by atoms with Crippen LogP contribution < -0.4 is 20.9 Å². The Hall–Kier alpha value is -5.02. The number of carbonyl (C=O) groups is 2. The van der Waals surface area contributed by atoms with Crippen LogP contribution in [0.25, 0.3) is 0 Å². The molecule has 0 atom stereocenters. The number of hydrogen-bond acceptors (Lipinski definition) is 11. The first-order chi connectivity index (χ1) is 24.7. The second kappa shape index (κ2) is 21.3. The molecular weight excluding hydrogens is 693 g/mol. The molecule has 0 saturated heterocycles. The number of aryl methyl sites for hydroxylation is 2. The molecule has 0 bridgehead atoms. The third-order valence-electron chi connectivity index (χ3n) is 7.04. The number of hydrogen-bond donors (Lipinski definition) is 3. The van der Waals surface area contributed by atoms with Gasteiger partial charge in [0.15, 0.2) is 13.6 Å². The van der Waals surface area contributed by atoms with Gasteiger partial charge in [-0.2, -0.15) is 0 Å². The molecular formula is C37H42N4O8S2. The highest BCUT2D eigenvalue weighted by Gasteiger charge is 2.25. The minimum absolute atomic E-state index is 0.0220. The number of rotatable bonds is 16.